The summed E-state index contributed by atoms with van der Waals surface area (Å²) in [4.78, 5) is 8.52. The molecule has 5 nitrogen and oxygen atoms in total. The quantitative estimate of drug-likeness (QED) is 0.808. The molecule has 1 atom stereocenters. The average molecular weight is 222 g/mol. The van der Waals surface area contributed by atoms with Crippen molar-refractivity contribution >= 4 is 11.8 Å². The molecule has 2 rings (SSSR count). The molecule has 1 saturated heterocycles. The molecule has 1 aliphatic rings. The summed E-state index contributed by atoms with van der Waals surface area (Å²) in [7, 11) is 0. The Morgan fingerprint density at radius 3 is 3.12 bits per heavy atom. The fourth-order valence-corrected chi connectivity index (χ4v) is 1.75. The largest absolute Gasteiger partial charge is 0.379 e. The van der Waals surface area contributed by atoms with Gasteiger partial charge in [0.15, 0.2) is 0 Å². The molecule has 0 spiro atoms. The van der Waals surface area contributed by atoms with Crippen LogP contribution >= 0.6 is 0 Å². The van der Waals surface area contributed by atoms with Crippen LogP contribution in [0.1, 0.15) is 20.3 Å². The molecule has 1 aromatic heterocycles. The van der Waals surface area contributed by atoms with Crippen molar-refractivity contribution in [3.63, 3.8) is 0 Å². The number of nitrogens with one attached hydrogen (secondary N) is 2. The predicted molar refractivity (Wildman–Crippen MR) is 63.7 cm³/mol. The first-order valence-electron chi connectivity index (χ1n) is 5.65. The predicted octanol–water partition coefficient (Wildman–Crippen LogP) is 1.50. The van der Waals surface area contributed by atoms with Gasteiger partial charge in [-0.2, -0.15) is 4.98 Å². The Morgan fingerprint density at radius 2 is 2.44 bits per heavy atom. The highest BCUT2D eigenvalue weighted by Gasteiger charge is 2.29. The molecule has 2 N–H and O–H groups in total. The lowest BCUT2D eigenvalue weighted by molar-refractivity contribution is 0.185. The standard InChI is InChI=1S/C11H18N4O/c1-3-12-10-13-6-4-9(14-10)15-11(2)5-7-16-8-11/h4,6H,3,5,7-8H2,1-2H3,(H2,12,13,14,15). The van der Waals surface area contributed by atoms with Crippen LogP contribution in [0.4, 0.5) is 11.8 Å². The molecule has 0 amide bonds. The van der Waals surface area contributed by atoms with Gasteiger partial charge >= 0.3 is 0 Å². The van der Waals surface area contributed by atoms with Crippen LogP contribution in [-0.4, -0.2) is 35.3 Å². The van der Waals surface area contributed by atoms with Crippen molar-refractivity contribution in [1.82, 2.24) is 9.97 Å². The van der Waals surface area contributed by atoms with Crippen molar-refractivity contribution in [3.05, 3.63) is 12.3 Å². The highest BCUT2D eigenvalue weighted by Crippen LogP contribution is 2.22. The Morgan fingerprint density at radius 1 is 1.56 bits per heavy atom. The molecule has 16 heavy (non-hydrogen) atoms. The molecule has 88 valence electrons. The molecule has 0 saturated carbocycles. The van der Waals surface area contributed by atoms with Gasteiger partial charge in [0.05, 0.1) is 12.1 Å². The van der Waals surface area contributed by atoms with E-state index in [1.54, 1.807) is 6.20 Å². The number of hydrogen-bond donors (Lipinski definition) is 2. The maximum absolute atomic E-state index is 5.39. The smallest absolute Gasteiger partial charge is 0.224 e. The minimum absolute atomic E-state index is 0.00214. The van der Waals surface area contributed by atoms with E-state index in [4.69, 9.17) is 4.74 Å². The van der Waals surface area contributed by atoms with Crippen molar-refractivity contribution in [2.24, 2.45) is 0 Å². The van der Waals surface area contributed by atoms with E-state index < -0.39 is 0 Å². The van der Waals surface area contributed by atoms with Gasteiger partial charge in [0.25, 0.3) is 0 Å². The van der Waals surface area contributed by atoms with Gasteiger partial charge in [0, 0.05) is 19.3 Å². The summed E-state index contributed by atoms with van der Waals surface area (Å²) in [6.07, 6.45) is 2.76. The summed E-state index contributed by atoms with van der Waals surface area (Å²) < 4.78 is 5.39. The zero-order valence-corrected chi connectivity index (χ0v) is 9.79. The molecule has 0 radical (unpaired) electrons. The maximum Gasteiger partial charge on any atom is 0.224 e. The van der Waals surface area contributed by atoms with Gasteiger partial charge in [-0.3, -0.25) is 0 Å². The third-order valence-corrected chi connectivity index (χ3v) is 2.64. The summed E-state index contributed by atoms with van der Waals surface area (Å²) in [5.41, 5.74) is -0.00214. The van der Waals surface area contributed by atoms with Crippen molar-refractivity contribution in [2.75, 3.05) is 30.4 Å². The van der Waals surface area contributed by atoms with E-state index >= 15 is 0 Å². The lowest BCUT2D eigenvalue weighted by Crippen LogP contribution is -2.35. The molecule has 1 aromatic rings. The van der Waals surface area contributed by atoms with Crippen LogP contribution in [0.2, 0.25) is 0 Å². The van der Waals surface area contributed by atoms with Crippen molar-refractivity contribution in [3.8, 4) is 0 Å². The highest BCUT2D eigenvalue weighted by atomic mass is 16.5. The summed E-state index contributed by atoms with van der Waals surface area (Å²) in [6, 6.07) is 1.88. The molecule has 1 aliphatic heterocycles. The van der Waals surface area contributed by atoms with Gasteiger partial charge in [-0.15, -0.1) is 0 Å². The van der Waals surface area contributed by atoms with Crippen LogP contribution in [0, 0.1) is 0 Å². The lowest BCUT2D eigenvalue weighted by Gasteiger charge is -2.24. The summed E-state index contributed by atoms with van der Waals surface area (Å²) in [6.45, 7) is 6.54. The second-order valence-electron chi connectivity index (χ2n) is 4.28. The van der Waals surface area contributed by atoms with E-state index in [0.29, 0.717) is 5.95 Å². The van der Waals surface area contributed by atoms with E-state index in [-0.39, 0.29) is 5.54 Å². The van der Waals surface area contributed by atoms with Crippen LogP contribution in [0.5, 0.6) is 0 Å². The zero-order valence-electron chi connectivity index (χ0n) is 9.79. The van der Waals surface area contributed by atoms with E-state index in [9.17, 15) is 0 Å². The average Bonchev–Trinajstić information content (AvgIpc) is 2.66. The van der Waals surface area contributed by atoms with Gasteiger partial charge in [-0.25, -0.2) is 4.98 Å². The zero-order chi connectivity index (χ0) is 11.4. The Balaban J connectivity index is 2.05. The molecular formula is C11H18N4O. The van der Waals surface area contributed by atoms with Gasteiger partial charge in [0.2, 0.25) is 5.95 Å². The van der Waals surface area contributed by atoms with Crippen LogP contribution in [-0.2, 0) is 4.74 Å². The monoisotopic (exact) mass is 222 g/mol. The highest BCUT2D eigenvalue weighted by molar-refractivity contribution is 5.41. The number of hydrogen-bond acceptors (Lipinski definition) is 5. The minimum atomic E-state index is -0.00214. The molecule has 1 fully saturated rings. The Hall–Kier alpha value is -1.36. The van der Waals surface area contributed by atoms with Gasteiger partial charge in [-0.05, 0) is 26.3 Å². The molecule has 2 heterocycles. The van der Waals surface area contributed by atoms with E-state index in [0.717, 1.165) is 32.0 Å². The molecule has 0 aromatic carbocycles. The van der Waals surface area contributed by atoms with Crippen LogP contribution in [0.3, 0.4) is 0 Å². The Bertz CT molecular complexity index is 350. The number of nitrogens with zero attached hydrogens (tertiary/aromatic N) is 2. The van der Waals surface area contributed by atoms with Gasteiger partial charge in [0.1, 0.15) is 5.82 Å². The fraction of sp³-hybridized carbons (Fsp3) is 0.636. The molecule has 5 heteroatoms. The first kappa shape index (κ1) is 11.1. The number of ether oxygens (including phenoxy) is 1. The summed E-state index contributed by atoms with van der Waals surface area (Å²) in [5.74, 6) is 1.51. The van der Waals surface area contributed by atoms with Crippen molar-refractivity contribution in [2.45, 2.75) is 25.8 Å². The van der Waals surface area contributed by atoms with Crippen molar-refractivity contribution in [1.29, 1.82) is 0 Å². The van der Waals surface area contributed by atoms with E-state index in [1.807, 2.05) is 13.0 Å². The molecular weight excluding hydrogens is 204 g/mol. The fourth-order valence-electron chi connectivity index (χ4n) is 1.75. The molecule has 1 unspecified atom stereocenters. The summed E-state index contributed by atoms with van der Waals surface area (Å²) >= 11 is 0. The first-order valence-corrected chi connectivity index (χ1v) is 5.65. The normalized spacial score (nSPS) is 24.4. The van der Waals surface area contributed by atoms with E-state index in [2.05, 4.69) is 27.5 Å². The topological polar surface area (TPSA) is 59.1 Å². The third kappa shape index (κ3) is 2.61. The molecule has 0 aliphatic carbocycles. The van der Waals surface area contributed by atoms with Gasteiger partial charge < -0.3 is 15.4 Å². The van der Waals surface area contributed by atoms with Crippen LogP contribution < -0.4 is 10.6 Å². The number of rotatable bonds is 4. The third-order valence-electron chi connectivity index (χ3n) is 2.64. The SMILES string of the molecule is CCNc1nccc(NC2(C)CCOC2)n1. The number of anilines is 2. The van der Waals surface area contributed by atoms with Crippen molar-refractivity contribution < 1.29 is 4.74 Å². The maximum atomic E-state index is 5.39. The minimum Gasteiger partial charge on any atom is -0.379 e. The Labute approximate surface area is 95.6 Å². The summed E-state index contributed by atoms with van der Waals surface area (Å²) in [5, 5.41) is 6.49. The molecule has 0 bridgehead atoms. The van der Waals surface area contributed by atoms with Gasteiger partial charge in [-0.1, -0.05) is 0 Å². The lowest BCUT2D eigenvalue weighted by atomic mass is 10.0. The first-order chi connectivity index (χ1) is 7.72. The Kier molecular flexibility index (Phi) is 3.24. The second-order valence-corrected chi connectivity index (χ2v) is 4.28. The second kappa shape index (κ2) is 4.65. The van der Waals surface area contributed by atoms with E-state index in [1.165, 1.54) is 0 Å². The van der Waals surface area contributed by atoms with Crippen LogP contribution in [0.25, 0.3) is 0 Å². The number of aromatic nitrogens is 2. The van der Waals surface area contributed by atoms with Crippen LogP contribution in [0.15, 0.2) is 12.3 Å².